The van der Waals surface area contributed by atoms with Crippen molar-refractivity contribution in [3.63, 3.8) is 0 Å². The second kappa shape index (κ2) is 8.93. The van der Waals surface area contributed by atoms with Gasteiger partial charge in [0.05, 0.1) is 12.9 Å². The summed E-state index contributed by atoms with van der Waals surface area (Å²) in [7, 11) is 1.64. The Balaban J connectivity index is 1.74. The van der Waals surface area contributed by atoms with Gasteiger partial charge in [-0.15, -0.1) is 10.2 Å². The molecule has 0 bridgehead atoms. The quantitative estimate of drug-likeness (QED) is 0.564. The van der Waals surface area contributed by atoms with Gasteiger partial charge < -0.3 is 9.64 Å². The molecule has 0 unspecified atom stereocenters. The van der Waals surface area contributed by atoms with Gasteiger partial charge in [0.25, 0.3) is 0 Å². The number of nitrogens with zero attached hydrogens (tertiary/aromatic N) is 4. The summed E-state index contributed by atoms with van der Waals surface area (Å²) in [5, 5.41) is 8.85. The van der Waals surface area contributed by atoms with Crippen molar-refractivity contribution >= 4 is 23.4 Å². The minimum Gasteiger partial charge on any atom is -0.497 e. The Morgan fingerprint density at radius 2 is 1.93 bits per heavy atom. The van der Waals surface area contributed by atoms with Crippen molar-refractivity contribution < 1.29 is 9.53 Å². The zero-order valence-electron chi connectivity index (χ0n) is 16.5. The van der Waals surface area contributed by atoms with E-state index in [2.05, 4.69) is 22.3 Å². The van der Waals surface area contributed by atoms with Crippen LogP contribution in [-0.4, -0.2) is 40.1 Å². The molecule has 3 aromatic rings. The van der Waals surface area contributed by atoms with Crippen molar-refractivity contribution in [3.8, 4) is 11.4 Å². The monoisotopic (exact) mass is 396 g/mol. The first-order valence-corrected chi connectivity index (χ1v) is 10.1. The second-order valence-electron chi connectivity index (χ2n) is 6.40. The summed E-state index contributed by atoms with van der Waals surface area (Å²) in [6, 6.07) is 13.8. The molecule has 0 aliphatic carbocycles. The van der Waals surface area contributed by atoms with E-state index in [-0.39, 0.29) is 11.7 Å². The fourth-order valence-corrected chi connectivity index (χ4v) is 3.74. The molecule has 0 fully saturated rings. The molecule has 0 aliphatic rings. The van der Waals surface area contributed by atoms with Crippen LogP contribution in [0.25, 0.3) is 5.69 Å². The van der Waals surface area contributed by atoms with Crippen molar-refractivity contribution in [2.45, 2.75) is 25.9 Å². The molecule has 6 nitrogen and oxygen atoms in total. The largest absolute Gasteiger partial charge is 0.497 e. The van der Waals surface area contributed by atoms with Gasteiger partial charge in [-0.25, -0.2) is 0 Å². The SMILES string of the molecule is CCN(C(=O)CSc1nncn1-c1ccc(OC)cc1)c1cc(C)ccc1C. The van der Waals surface area contributed by atoms with Crippen LogP contribution in [0, 0.1) is 13.8 Å². The van der Waals surface area contributed by atoms with Gasteiger partial charge in [0.15, 0.2) is 5.16 Å². The molecule has 0 N–H and O–H groups in total. The van der Waals surface area contributed by atoms with E-state index in [1.54, 1.807) is 13.4 Å². The number of hydrogen-bond donors (Lipinski definition) is 0. The lowest BCUT2D eigenvalue weighted by atomic mass is 10.1. The van der Waals surface area contributed by atoms with E-state index in [9.17, 15) is 4.79 Å². The lowest BCUT2D eigenvalue weighted by Gasteiger charge is -2.23. The zero-order valence-corrected chi connectivity index (χ0v) is 17.4. The maximum atomic E-state index is 12.9. The van der Waals surface area contributed by atoms with E-state index in [1.807, 2.05) is 60.6 Å². The predicted molar refractivity (Wildman–Crippen MR) is 113 cm³/mol. The van der Waals surface area contributed by atoms with Crippen molar-refractivity contribution in [1.82, 2.24) is 14.8 Å². The van der Waals surface area contributed by atoms with Gasteiger partial charge in [-0.3, -0.25) is 9.36 Å². The molecule has 2 aromatic carbocycles. The lowest BCUT2D eigenvalue weighted by molar-refractivity contribution is -0.116. The number of thioether (sulfide) groups is 1. The van der Waals surface area contributed by atoms with Gasteiger partial charge in [0.1, 0.15) is 12.1 Å². The highest BCUT2D eigenvalue weighted by Gasteiger charge is 2.18. The van der Waals surface area contributed by atoms with E-state index < -0.39 is 0 Å². The van der Waals surface area contributed by atoms with Crippen LogP contribution < -0.4 is 9.64 Å². The van der Waals surface area contributed by atoms with Crippen LogP contribution in [0.5, 0.6) is 5.75 Å². The van der Waals surface area contributed by atoms with E-state index in [1.165, 1.54) is 11.8 Å². The average molecular weight is 397 g/mol. The van der Waals surface area contributed by atoms with E-state index >= 15 is 0 Å². The van der Waals surface area contributed by atoms with E-state index in [4.69, 9.17) is 4.74 Å². The summed E-state index contributed by atoms with van der Waals surface area (Å²) >= 11 is 1.38. The Kier molecular flexibility index (Phi) is 6.36. The van der Waals surface area contributed by atoms with E-state index in [0.29, 0.717) is 11.7 Å². The fraction of sp³-hybridized carbons (Fsp3) is 0.286. The summed E-state index contributed by atoms with van der Waals surface area (Å²) in [6.45, 7) is 6.67. The third kappa shape index (κ3) is 4.36. The van der Waals surface area contributed by atoms with Crippen LogP contribution >= 0.6 is 11.8 Å². The number of hydrogen-bond acceptors (Lipinski definition) is 5. The number of anilines is 1. The zero-order chi connectivity index (χ0) is 20.1. The number of methoxy groups -OCH3 is 1. The standard InChI is InChI=1S/C21H24N4O2S/c1-5-24(19-12-15(2)6-7-16(19)3)20(26)13-28-21-23-22-14-25(21)17-8-10-18(27-4)11-9-17/h6-12,14H,5,13H2,1-4H3. The van der Waals surface area contributed by atoms with Gasteiger partial charge in [-0.2, -0.15) is 0 Å². The van der Waals surface area contributed by atoms with Crippen LogP contribution in [0.3, 0.4) is 0 Å². The van der Waals surface area contributed by atoms with Crippen LogP contribution in [0.15, 0.2) is 53.9 Å². The molecule has 1 heterocycles. The third-order valence-electron chi connectivity index (χ3n) is 4.46. The minimum atomic E-state index is 0.0467. The average Bonchev–Trinajstić information content (AvgIpc) is 3.18. The summed E-state index contributed by atoms with van der Waals surface area (Å²) in [5.74, 6) is 1.12. The molecule has 3 rings (SSSR count). The molecule has 146 valence electrons. The lowest BCUT2D eigenvalue weighted by Crippen LogP contribution is -2.32. The number of ether oxygens (including phenoxy) is 1. The Labute approximate surface area is 169 Å². The molecule has 0 spiro atoms. The molecule has 28 heavy (non-hydrogen) atoms. The summed E-state index contributed by atoms with van der Waals surface area (Å²) in [5.41, 5.74) is 4.11. The Hall–Kier alpha value is -2.80. The molecular weight excluding hydrogens is 372 g/mol. The molecule has 0 aliphatic heterocycles. The number of aryl methyl sites for hydroxylation is 2. The first kappa shape index (κ1) is 19.9. The van der Waals surface area contributed by atoms with Crippen molar-refractivity contribution in [1.29, 1.82) is 0 Å². The van der Waals surface area contributed by atoms with Crippen molar-refractivity contribution in [2.24, 2.45) is 0 Å². The van der Waals surface area contributed by atoms with Gasteiger partial charge in [-0.05, 0) is 62.2 Å². The number of amides is 1. The smallest absolute Gasteiger partial charge is 0.237 e. The van der Waals surface area contributed by atoms with Crippen LogP contribution in [0.1, 0.15) is 18.1 Å². The summed E-state index contributed by atoms with van der Waals surface area (Å²) < 4.78 is 7.07. The van der Waals surface area contributed by atoms with E-state index in [0.717, 1.165) is 28.3 Å². The number of carbonyl (C=O) groups is 1. The van der Waals surface area contributed by atoms with Crippen LogP contribution in [0.2, 0.25) is 0 Å². The molecule has 7 heteroatoms. The predicted octanol–water partition coefficient (Wildman–Crippen LogP) is 4.04. The maximum Gasteiger partial charge on any atom is 0.237 e. The molecule has 0 saturated carbocycles. The highest BCUT2D eigenvalue weighted by atomic mass is 32.2. The number of aromatic nitrogens is 3. The fourth-order valence-electron chi connectivity index (χ4n) is 2.94. The molecule has 0 atom stereocenters. The minimum absolute atomic E-state index is 0.0467. The van der Waals surface area contributed by atoms with Crippen molar-refractivity contribution in [2.75, 3.05) is 24.3 Å². The van der Waals surface area contributed by atoms with Crippen LogP contribution in [0.4, 0.5) is 5.69 Å². The van der Waals surface area contributed by atoms with Crippen LogP contribution in [-0.2, 0) is 4.79 Å². The summed E-state index contributed by atoms with van der Waals surface area (Å²) in [4.78, 5) is 14.7. The molecule has 1 aromatic heterocycles. The third-order valence-corrected chi connectivity index (χ3v) is 5.39. The highest BCUT2D eigenvalue weighted by molar-refractivity contribution is 7.99. The normalized spacial score (nSPS) is 10.7. The number of benzene rings is 2. The van der Waals surface area contributed by atoms with Gasteiger partial charge in [0, 0.05) is 17.9 Å². The molecule has 0 radical (unpaired) electrons. The van der Waals surface area contributed by atoms with Gasteiger partial charge >= 0.3 is 0 Å². The Morgan fingerprint density at radius 3 is 2.61 bits per heavy atom. The molecule has 1 amide bonds. The maximum absolute atomic E-state index is 12.9. The first-order valence-electron chi connectivity index (χ1n) is 9.08. The van der Waals surface area contributed by atoms with Gasteiger partial charge in [0.2, 0.25) is 5.91 Å². The molecule has 0 saturated heterocycles. The number of rotatable bonds is 7. The first-order chi connectivity index (χ1) is 13.5. The highest BCUT2D eigenvalue weighted by Crippen LogP contribution is 2.25. The topological polar surface area (TPSA) is 60.2 Å². The number of carbonyl (C=O) groups excluding carboxylic acids is 1. The molecular formula is C21H24N4O2S. The Morgan fingerprint density at radius 1 is 1.18 bits per heavy atom. The van der Waals surface area contributed by atoms with Gasteiger partial charge in [-0.1, -0.05) is 23.9 Å². The summed E-state index contributed by atoms with van der Waals surface area (Å²) in [6.07, 6.45) is 1.65. The second-order valence-corrected chi connectivity index (χ2v) is 7.34. The van der Waals surface area contributed by atoms with Crippen molar-refractivity contribution in [3.05, 3.63) is 59.9 Å². The Bertz CT molecular complexity index is 953.